The highest BCUT2D eigenvalue weighted by Crippen LogP contribution is 2.32. The third-order valence-corrected chi connectivity index (χ3v) is 5.82. The van der Waals surface area contributed by atoms with E-state index in [0.717, 1.165) is 17.3 Å². The molecule has 0 unspecified atom stereocenters. The molecule has 0 fully saturated rings. The zero-order valence-corrected chi connectivity index (χ0v) is 19.2. The van der Waals surface area contributed by atoms with Gasteiger partial charge in [0.1, 0.15) is 25.4 Å². The van der Waals surface area contributed by atoms with Crippen LogP contribution in [0, 0.1) is 5.82 Å². The van der Waals surface area contributed by atoms with E-state index in [-0.39, 0.29) is 11.5 Å². The third kappa shape index (κ3) is 4.42. The number of nitrogens with one attached hydrogen (secondary N) is 2. The second kappa shape index (κ2) is 9.49. The van der Waals surface area contributed by atoms with E-state index < -0.39 is 11.7 Å². The van der Waals surface area contributed by atoms with Gasteiger partial charge in [-0.25, -0.2) is 19.3 Å². The molecule has 1 amide bonds. The van der Waals surface area contributed by atoms with Crippen LogP contribution >= 0.6 is 0 Å². The van der Waals surface area contributed by atoms with E-state index in [1.165, 1.54) is 13.4 Å². The molecule has 178 valence electrons. The minimum absolute atomic E-state index is 0.00649. The highest BCUT2D eigenvalue weighted by Gasteiger charge is 2.19. The van der Waals surface area contributed by atoms with Crippen molar-refractivity contribution in [3.05, 3.63) is 66.0 Å². The average Bonchev–Trinajstić information content (AvgIpc) is 2.90. The van der Waals surface area contributed by atoms with E-state index >= 15 is 0 Å². The van der Waals surface area contributed by atoms with Gasteiger partial charge in [0.2, 0.25) is 0 Å². The molecule has 4 aromatic rings. The Kier molecular flexibility index (Phi) is 6.09. The van der Waals surface area contributed by atoms with E-state index in [1.54, 1.807) is 18.3 Å². The third-order valence-electron chi connectivity index (χ3n) is 5.82. The number of fused-ring (bicyclic) bond motifs is 2. The highest BCUT2D eigenvalue weighted by molar-refractivity contribution is 6.06. The van der Waals surface area contributed by atoms with Gasteiger partial charge in [-0.3, -0.25) is 9.78 Å². The summed E-state index contributed by atoms with van der Waals surface area (Å²) in [6.07, 6.45) is 4.26. The Morgan fingerprint density at radius 1 is 1.11 bits per heavy atom. The van der Waals surface area contributed by atoms with Crippen LogP contribution in [-0.2, 0) is 0 Å². The van der Waals surface area contributed by atoms with Crippen molar-refractivity contribution in [3.63, 3.8) is 0 Å². The van der Waals surface area contributed by atoms with Crippen LogP contribution < -0.4 is 20.1 Å². The number of amides is 1. The first-order valence-electron chi connectivity index (χ1n) is 11.2. The van der Waals surface area contributed by atoms with Gasteiger partial charge in [0.05, 0.1) is 23.0 Å². The second-order valence-electron chi connectivity index (χ2n) is 8.10. The minimum atomic E-state index is -0.651. The molecule has 0 bridgehead atoms. The largest absolute Gasteiger partial charge is 0.484 e. The Labute approximate surface area is 200 Å². The maximum absolute atomic E-state index is 14.4. The summed E-state index contributed by atoms with van der Waals surface area (Å²) in [4.78, 5) is 29.5. The zero-order valence-electron chi connectivity index (χ0n) is 19.2. The van der Waals surface area contributed by atoms with Crippen LogP contribution in [0.5, 0.6) is 11.6 Å². The smallest absolute Gasteiger partial charge is 0.257 e. The molecule has 1 aliphatic rings. The highest BCUT2D eigenvalue weighted by atomic mass is 19.1. The van der Waals surface area contributed by atoms with Gasteiger partial charge in [0.15, 0.2) is 11.6 Å². The summed E-state index contributed by atoms with van der Waals surface area (Å²) in [5.74, 6) is 0.559. The number of rotatable bonds is 6. The molecule has 1 atom stereocenters. The number of halogens is 1. The lowest BCUT2D eigenvalue weighted by atomic mass is 9.96. The first-order valence-corrected chi connectivity index (χ1v) is 11.2. The number of carbonyl (C=O) groups excluding carboxylic acids is 1. The second-order valence-corrected chi connectivity index (χ2v) is 8.10. The molecular weight excluding hydrogens is 451 g/mol. The Morgan fingerprint density at radius 2 is 1.97 bits per heavy atom. The number of pyridine rings is 2. The first-order chi connectivity index (χ1) is 17.0. The molecule has 1 aromatic carbocycles. The van der Waals surface area contributed by atoms with Crippen LogP contribution in [0.25, 0.3) is 22.2 Å². The number of para-hydroxylation sites is 1. The summed E-state index contributed by atoms with van der Waals surface area (Å²) >= 11 is 0. The fourth-order valence-electron chi connectivity index (χ4n) is 4.03. The maximum atomic E-state index is 14.4. The molecule has 1 aliphatic heterocycles. The van der Waals surface area contributed by atoms with Crippen molar-refractivity contribution in [2.24, 2.45) is 0 Å². The lowest BCUT2D eigenvalue weighted by Gasteiger charge is -2.18. The quantitative estimate of drug-likeness (QED) is 0.436. The van der Waals surface area contributed by atoms with E-state index in [9.17, 15) is 9.18 Å². The predicted octanol–water partition coefficient (Wildman–Crippen LogP) is 3.57. The number of hydrogen-bond donors (Lipinski definition) is 2. The van der Waals surface area contributed by atoms with Gasteiger partial charge >= 0.3 is 0 Å². The number of ether oxygens (including phenoxy) is 2. The Morgan fingerprint density at radius 3 is 2.83 bits per heavy atom. The standard InChI is InChI=1S/C25H23FN6O3/c1-14(16-4-3-5-17-22(24(33)27-2)18(26)12-29-23(16)17)10-28-21-9-19(31-13-32-21)15-8-20-25(30-11-15)35-7-6-34-20/h3-5,8-9,11-14H,6-7,10H2,1-2H3,(H,27,33)(H,28,31,32)/t14-/m1/s1. The summed E-state index contributed by atoms with van der Waals surface area (Å²) in [6, 6.07) is 9.12. The first kappa shape index (κ1) is 22.5. The van der Waals surface area contributed by atoms with Crippen molar-refractivity contribution in [1.29, 1.82) is 0 Å². The summed E-state index contributed by atoms with van der Waals surface area (Å²) in [7, 11) is 1.47. The van der Waals surface area contributed by atoms with E-state index in [1.807, 2.05) is 25.1 Å². The molecule has 0 saturated heterocycles. The lowest BCUT2D eigenvalue weighted by Crippen LogP contribution is -2.20. The Bertz CT molecular complexity index is 1410. The van der Waals surface area contributed by atoms with Gasteiger partial charge in [-0.15, -0.1) is 0 Å². The summed E-state index contributed by atoms with van der Waals surface area (Å²) in [5, 5.41) is 6.30. The topological polar surface area (TPSA) is 111 Å². The summed E-state index contributed by atoms with van der Waals surface area (Å²) in [5.41, 5.74) is 2.96. The molecular formula is C25H23FN6O3. The molecule has 2 N–H and O–H groups in total. The maximum Gasteiger partial charge on any atom is 0.257 e. The normalized spacial score (nSPS) is 13.3. The van der Waals surface area contributed by atoms with Crippen molar-refractivity contribution < 1.29 is 18.7 Å². The monoisotopic (exact) mass is 474 g/mol. The van der Waals surface area contributed by atoms with Crippen LogP contribution in [0.3, 0.4) is 0 Å². The molecule has 0 aliphatic carbocycles. The molecule has 0 spiro atoms. The fraction of sp³-hybridized carbons (Fsp3) is 0.240. The van der Waals surface area contributed by atoms with Gasteiger partial charge in [0.25, 0.3) is 11.8 Å². The summed E-state index contributed by atoms with van der Waals surface area (Å²) in [6.45, 7) is 3.52. The number of aromatic nitrogens is 4. The van der Waals surface area contributed by atoms with Crippen LogP contribution in [0.1, 0.15) is 28.8 Å². The Hall–Kier alpha value is -4.34. The van der Waals surface area contributed by atoms with Crippen molar-refractivity contribution in [1.82, 2.24) is 25.3 Å². The lowest BCUT2D eigenvalue weighted by molar-refractivity contribution is 0.0960. The van der Waals surface area contributed by atoms with E-state index in [4.69, 9.17) is 9.47 Å². The fourth-order valence-corrected chi connectivity index (χ4v) is 4.03. The van der Waals surface area contributed by atoms with Crippen LogP contribution in [-0.4, -0.2) is 52.6 Å². The van der Waals surface area contributed by atoms with E-state index in [2.05, 4.69) is 30.6 Å². The van der Waals surface area contributed by atoms with Crippen molar-refractivity contribution in [2.75, 3.05) is 32.1 Å². The zero-order chi connectivity index (χ0) is 24.4. The van der Waals surface area contributed by atoms with E-state index in [0.29, 0.717) is 53.8 Å². The van der Waals surface area contributed by atoms with Crippen molar-refractivity contribution in [3.8, 4) is 22.9 Å². The molecule has 0 radical (unpaired) electrons. The number of anilines is 1. The summed E-state index contributed by atoms with van der Waals surface area (Å²) < 4.78 is 25.5. The number of nitrogens with zero attached hydrogens (tertiary/aromatic N) is 4. The molecule has 10 heteroatoms. The van der Waals surface area contributed by atoms with Crippen LogP contribution in [0.4, 0.5) is 10.2 Å². The van der Waals surface area contributed by atoms with Gasteiger partial charge in [-0.2, -0.15) is 0 Å². The minimum Gasteiger partial charge on any atom is -0.484 e. The number of carbonyl (C=O) groups is 1. The number of benzene rings is 1. The molecule has 35 heavy (non-hydrogen) atoms. The van der Waals surface area contributed by atoms with Crippen molar-refractivity contribution >= 4 is 22.6 Å². The van der Waals surface area contributed by atoms with Gasteiger partial charge in [-0.05, 0) is 11.6 Å². The molecule has 9 nitrogen and oxygen atoms in total. The molecule has 5 rings (SSSR count). The van der Waals surface area contributed by atoms with Gasteiger partial charge in [0, 0.05) is 42.7 Å². The molecule has 3 aromatic heterocycles. The van der Waals surface area contributed by atoms with Gasteiger partial charge < -0.3 is 20.1 Å². The predicted molar refractivity (Wildman–Crippen MR) is 128 cm³/mol. The van der Waals surface area contributed by atoms with Crippen LogP contribution in [0.2, 0.25) is 0 Å². The number of hydrogen-bond acceptors (Lipinski definition) is 8. The van der Waals surface area contributed by atoms with Crippen LogP contribution in [0.15, 0.2) is 49.1 Å². The van der Waals surface area contributed by atoms with Crippen molar-refractivity contribution in [2.45, 2.75) is 12.8 Å². The average molecular weight is 474 g/mol. The Balaban J connectivity index is 1.37. The molecule has 4 heterocycles. The van der Waals surface area contributed by atoms with Gasteiger partial charge in [-0.1, -0.05) is 25.1 Å². The SMILES string of the molecule is CNC(=O)c1c(F)cnc2c([C@H](C)CNc3cc(-c4cnc5c(c4)OCCO5)ncn3)cccc12. The molecule has 0 saturated carbocycles.